The van der Waals surface area contributed by atoms with Crippen molar-refractivity contribution in [1.29, 1.82) is 0 Å². The average Bonchev–Trinajstić information content (AvgIpc) is 2.05. The Morgan fingerprint density at radius 1 is 1.50 bits per heavy atom. The Hall–Kier alpha value is -0.770. The molecule has 1 saturated heterocycles. The van der Waals surface area contributed by atoms with Crippen molar-refractivity contribution in [3.05, 3.63) is 0 Å². The van der Waals surface area contributed by atoms with Gasteiger partial charge in [-0.05, 0) is 27.7 Å². The minimum absolute atomic E-state index is 0.266. The number of aliphatic hydroxyl groups excluding tert-OH is 1. The summed E-state index contributed by atoms with van der Waals surface area (Å²) in [6.07, 6.45) is -1.43. The second-order valence-electron chi connectivity index (χ2n) is 4.06. The zero-order chi connectivity index (χ0) is 9.52. The molecule has 70 valence electrons. The first-order valence-corrected chi connectivity index (χ1v) is 4.02. The summed E-state index contributed by atoms with van der Waals surface area (Å²) >= 11 is 0. The van der Waals surface area contributed by atoms with Crippen molar-refractivity contribution in [3.8, 4) is 0 Å². The van der Waals surface area contributed by atoms with E-state index in [2.05, 4.69) is 4.74 Å². The number of carbonyl (C=O) groups excluding carboxylic acids is 1. The van der Waals surface area contributed by atoms with Crippen LogP contribution in [0.4, 0.5) is 4.79 Å². The summed E-state index contributed by atoms with van der Waals surface area (Å²) in [5.74, 6) is 0. The number of cyclic esters (lactones) is 1. The summed E-state index contributed by atoms with van der Waals surface area (Å²) in [4.78, 5) is 12.7. The molecule has 1 rings (SSSR count). The number of ether oxygens (including phenoxy) is 1. The van der Waals surface area contributed by atoms with E-state index in [1.54, 1.807) is 6.92 Å². The Kier molecular flexibility index (Phi) is 2.04. The predicted molar refractivity (Wildman–Crippen MR) is 43.5 cm³/mol. The van der Waals surface area contributed by atoms with Crippen molar-refractivity contribution in [1.82, 2.24) is 4.90 Å². The van der Waals surface area contributed by atoms with Crippen LogP contribution in [-0.2, 0) is 4.74 Å². The molecule has 1 aliphatic rings. The molecule has 1 heterocycles. The molecule has 12 heavy (non-hydrogen) atoms. The van der Waals surface area contributed by atoms with E-state index in [-0.39, 0.29) is 11.6 Å². The summed E-state index contributed by atoms with van der Waals surface area (Å²) in [5.41, 5.74) is -0.298. The number of hydrogen-bond acceptors (Lipinski definition) is 3. The van der Waals surface area contributed by atoms with Crippen LogP contribution >= 0.6 is 0 Å². The van der Waals surface area contributed by atoms with Crippen molar-refractivity contribution in [2.45, 2.75) is 45.6 Å². The van der Waals surface area contributed by atoms with Crippen LogP contribution in [0.2, 0.25) is 0 Å². The first kappa shape index (κ1) is 9.32. The van der Waals surface area contributed by atoms with E-state index in [0.717, 1.165) is 0 Å². The molecule has 0 aromatic carbocycles. The number of hydrogen-bond donors (Lipinski definition) is 1. The maximum Gasteiger partial charge on any atom is 0.413 e. The Morgan fingerprint density at radius 2 is 2.00 bits per heavy atom. The highest BCUT2D eigenvalue weighted by molar-refractivity contribution is 5.71. The highest BCUT2D eigenvalue weighted by Gasteiger charge is 2.43. The zero-order valence-electron chi connectivity index (χ0n) is 7.87. The first-order chi connectivity index (χ1) is 5.34. The van der Waals surface area contributed by atoms with Gasteiger partial charge in [0.25, 0.3) is 0 Å². The molecule has 0 aromatic heterocycles. The van der Waals surface area contributed by atoms with E-state index < -0.39 is 12.4 Å². The molecule has 0 radical (unpaired) electrons. The van der Waals surface area contributed by atoms with E-state index in [4.69, 9.17) is 0 Å². The van der Waals surface area contributed by atoms with Gasteiger partial charge in [-0.3, -0.25) is 4.90 Å². The number of amides is 1. The molecular formula is C8H15NO3. The van der Waals surface area contributed by atoms with Crippen LogP contribution in [-0.4, -0.2) is 34.0 Å². The van der Waals surface area contributed by atoms with Crippen molar-refractivity contribution in [3.63, 3.8) is 0 Å². The summed E-state index contributed by atoms with van der Waals surface area (Å²) < 4.78 is 4.66. The largest absolute Gasteiger partial charge is 0.417 e. The minimum Gasteiger partial charge on any atom is -0.417 e. The molecule has 0 aromatic rings. The Bertz CT molecular complexity index is 197. The van der Waals surface area contributed by atoms with Crippen molar-refractivity contribution in [2.24, 2.45) is 0 Å². The SMILES string of the molecule is CC1C(O)OC(=O)N1C(C)(C)C. The van der Waals surface area contributed by atoms with Crippen LogP contribution in [0.25, 0.3) is 0 Å². The highest BCUT2D eigenvalue weighted by Crippen LogP contribution is 2.26. The Labute approximate surface area is 72.1 Å². The van der Waals surface area contributed by atoms with Crippen LogP contribution in [0.3, 0.4) is 0 Å². The summed E-state index contributed by atoms with van der Waals surface area (Å²) in [7, 11) is 0. The number of nitrogens with zero attached hydrogens (tertiary/aromatic N) is 1. The van der Waals surface area contributed by atoms with Gasteiger partial charge in [-0.1, -0.05) is 0 Å². The smallest absolute Gasteiger partial charge is 0.413 e. The van der Waals surface area contributed by atoms with Gasteiger partial charge in [-0.25, -0.2) is 4.79 Å². The van der Waals surface area contributed by atoms with E-state index in [1.807, 2.05) is 20.8 Å². The fourth-order valence-electron chi connectivity index (χ4n) is 1.44. The molecule has 2 unspecified atom stereocenters. The third-order valence-corrected chi connectivity index (χ3v) is 1.96. The second-order valence-corrected chi connectivity index (χ2v) is 4.06. The van der Waals surface area contributed by atoms with Crippen LogP contribution < -0.4 is 0 Å². The van der Waals surface area contributed by atoms with E-state index in [0.29, 0.717) is 0 Å². The van der Waals surface area contributed by atoms with E-state index in [9.17, 15) is 9.90 Å². The molecule has 4 heteroatoms. The third kappa shape index (κ3) is 1.39. The molecule has 0 spiro atoms. The third-order valence-electron chi connectivity index (χ3n) is 1.96. The van der Waals surface area contributed by atoms with Gasteiger partial charge in [-0.2, -0.15) is 0 Å². The second kappa shape index (κ2) is 2.62. The molecular weight excluding hydrogens is 158 g/mol. The lowest BCUT2D eigenvalue weighted by atomic mass is 10.1. The van der Waals surface area contributed by atoms with Crippen LogP contribution in [0.1, 0.15) is 27.7 Å². The van der Waals surface area contributed by atoms with Gasteiger partial charge in [0.15, 0.2) is 0 Å². The molecule has 2 atom stereocenters. The summed E-state index contributed by atoms with van der Waals surface area (Å²) in [5, 5.41) is 9.22. The number of carbonyl (C=O) groups is 1. The van der Waals surface area contributed by atoms with Crippen LogP contribution in [0.15, 0.2) is 0 Å². The summed E-state index contributed by atoms with van der Waals surface area (Å²) in [6, 6.07) is -0.266. The molecule has 1 aliphatic heterocycles. The van der Waals surface area contributed by atoms with Crippen LogP contribution in [0.5, 0.6) is 0 Å². The molecule has 1 amide bonds. The normalized spacial score (nSPS) is 30.8. The monoisotopic (exact) mass is 173 g/mol. The fraction of sp³-hybridized carbons (Fsp3) is 0.875. The van der Waals surface area contributed by atoms with Gasteiger partial charge in [0.2, 0.25) is 6.29 Å². The van der Waals surface area contributed by atoms with Gasteiger partial charge in [0.05, 0.1) is 6.04 Å². The number of aliphatic hydroxyl groups is 1. The molecule has 0 bridgehead atoms. The maximum absolute atomic E-state index is 11.2. The predicted octanol–water partition coefficient (Wildman–Crippen LogP) is 0.944. The minimum atomic E-state index is -0.989. The van der Waals surface area contributed by atoms with Gasteiger partial charge in [-0.15, -0.1) is 0 Å². The van der Waals surface area contributed by atoms with Crippen molar-refractivity contribution < 1.29 is 14.6 Å². The zero-order valence-corrected chi connectivity index (χ0v) is 7.87. The number of rotatable bonds is 0. The first-order valence-electron chi connectivity index (χ1n) is 4.02. The lowest BCUT2D eigenvalue weighted by Crippen LogP contribution is -2.47. The maximum atomic E-state index is 11.2. The topological polar surface area (TPSA) is 49.8 Å². The molecule has 0 saturated carbocycles. The van der Waals surface area contributed by atoms with Crippen molar-refractivity contribution in [2.75, 3.05) is 0 Å². The molecule has 1 N–H and O–H groups in total. The van der Waals surface area contributed by atoms with E-state index >= 15 is 0 Å². The summed E-state index contributed by atoms with van der Waals surface area (Å²) in [6.45, 7) is 7.48. The molecule has 0 aliphatic carbocycles. The molecule has 4 nitrogen and oxygen atoms in total. The quantitative estimate of drug-likeness (QED) is 0.593. The lowest BCUT2D eigenvalue weighted by Gasteiger charge is -2.32. The Balaban J connectivity index is 2.84. The van der Waals surface area contributed by atoms with Gasteiger partial charge >= 0.3 is 6.09 Å². The standard InChI is InChI=1S/C8H15NO3/c1-5-6(10)12-7(11)9(5)8(2,3)4/h5-6,10H,1-4H3. The van der Waals surface area contributed by atoms with Crippen molar-refractivity contribution >= 4 is 6.09 Å². The highest BCUT2D eigenvalue weighted by atomic mass is 16.7. The van der Waals surface area contributed by atoms with Gasteiger partial charge < -0.3 is 9.84 Å². The van der Waals surface area contributed by atoms with Gasteiger partial charge in [0.1, 0.15) is 0 Å². The fourth-order valence-corrected chi connectivity index (χ4v) is 1.44. The Morgan fingerprint density at radius 3 is 2.17 bits per heavy atom. The molecule has 1 fully saturated rings. The lowest BCUT2D eigenvalue weighted by molar-refractivity contribution is -0.0367. The van der Waals surface area contributed by atoms with Crippen LogP contribution in [0, 0.1) is 0 Å². The van der Waals surface area contributed by atoms with Gasteiger partial charge in [0, 0.05) is 5.54 Å². The van der Waals surface area contributed by atoms with E-state index in [1.165, 1.54) is 4.90 Å². The average molecular weight is 173 g/mol.